The lowest BCUT2D eigenvalue weighted by atomic mass is 9.82. The first-order chi connectivity index (χ1) is 14.1. The van der Waals surface area contributed by atoms with Crippen LogP contribution in [0.5, 0.6) is 5.75 Å². The third kappa shape index (κ3) is 5.45. The monoisotopic (exact) mass is 400 g/mol. The molecule has 0 aromatic heterocycles. The molecule has 1 aliphatic rings. The molecule has 156 valence electrons. The lowest BCUT2D eigenvalue weighted by Crippen LogP contribution is -2.21. The molecule has 1 fully saturated rings. The number of unbranched alkanes of at least 4 members (excludes halogenated alkanes) is 1. The van der Waals surface area contributed by atoms with Crippen molar-refractivity contribution in [3.63, 3.8) is 0 Å². The summed E-state index contributed by atoms with van der Waals surface area (Å²) in [6, 6.07) is 10.9. The number of ether oxygens (including phenoxy) is 2. The van der Waals surface area contributed by atoms with Crippen LogP contribution in [0.3, 0.4) is 0 Å². The number of allylic oxidation sites excluding steroid dienone is 1. The summed E-state index contributed by atoms with van der Waals surface area (Å²) in [6.07, 6.45) is 10.0. The third-order valence-corrected chi connectivity index (χ3v) is 5.60. The zero-order chi connectivity index (χ0) is 20.6. The van der Waals surface area contributed by atoms with Crippen LogP contribution in [0.15, 0.2) is 48.7 Å². The Morgan fingerprint density at radius 2 is 1.69 bits per heavy atom. The summed E-state index contributed by atoms with van der Waals surface area (Å²) in [5.74, 6) is -1.46. The molecule has 1 saturated carbocycles. The van der Waals surface area contributed by atoms with E-state index in [1.165, 1.54) is 17.9 Å². The number of hydrogen-bond acceptors (Lipinski definition) is 2. The van der Waals surface area contributed by atoms with E-state index in [2.05, 4.69) is 6.92 Å². The Kier molecular flexibility index (Phi) is 7.82. The van der Waals surface area contributed by atoms with Gasteiger partial charge in [0.15, 0.2) is 11.6 Å². The van der Waals surface area contributed by atoms with Gasteiger partial charge >= 0.3 is 0 Å². The molecule has 0 bridgehead atoms. The van der Waals surface area contributed by atoms with Gasteiger partial charge in [0.25, 0.3) is 0 Å². The van der Waals surface area contributed by atoms with Crippen LogP contribution in [0.2, 0.25) is 0 Å². The molecule has 0 atom stereocenters. The van der Waals surface area contributed by atoms with Gasteiger partial charge in [0.2, 0.25) is 5.82 Å². The summed E-state index contributed by atoms with van der Waals surface area (Å²) < 4.78 is 39.8. The van der Waals surface area contributed by atoms with Crippen LogP contribution in [0.4, 0.5) is 8.78 Å². The number of hydrogen-bond donors (Lipinski definition) is 0. The molecule has 0 radical (unpaired) electrons. The molecule has 2 aromatic carbocycles. The van der Waals surface area contributed by atoms with Crippen LogP contribution >= 0.6 is 0 Å². The van der Waals surface area contributed by atoms with Crippen molar-refractivity contribution < 1.29 is 18.3 Å². The maximum Gasteiger partial charge on any atom is 0.201 e. The number of benzene rings is 2. The Morgan fingerprint density at radius 1 is 0.966 bits per heavy atom. The topological polar surface area (TPSA) is 18.5 Å². The molecule has 0 spiro atoms. The van der Waals surface area contributed by atoms with Crippen molar-refractivity contribution in [3.05, 3.63) is 65.9 Å². The van der Waals surface area contributed by atoms with Gasteiger partial charge in [-0.1, -0.05) is 43.7 Å². The summed E-state index contributed by atoms with van der Waals surface area (Å²) in [7, 11) is 0. The highest BCUT2D eigenvalue weighted by molar-refractivity contribution is 5.65. The number of halogens is 2. The van der Waals surface area contributed by atoms with E-state index in [1.54, 1.807) is 19.1 Å². The first-order valence-corrected chi connectivity index (χ1v) is 10.6. The summed E-state index contributed by atoms with van der Waals surface area (Å²) in [4.78, 5) is 0. The van der Waals surface area contributed by atoms with E-state index in [9.17, 15) is 8.78 Å². The molecular formula is C25H30F2O2. The first-order valence-electron chi connectivity index (χ1n) is 10.6. The molecule has 0 saturated heterocycles. The normalized spacial score (nSPS) is 19.6. The van der Waals surface area contributed by atoms with E-state index < -0.39 is 11.6 Å². The van der Waals surface area contributed by atoms with Gasteiger partial charge in [0, 0.05) is 12.2 Å². The molecule has 0 aliphatic heterocycles. The van der Waals surface area contributed by atoms with Gasteiger partial charge in [-0.2, -0.15) is 4.39 Å². The standard InChI is InChI=1S/C25H30F2O2/c1-3-5-17-28-21-12-10-19(11-13-21)18-6-8-20(9-7-18)22-14-15-23(29-16-4-2)25(27)24(22)26/h4,6-9,14-16,19,21H,3,5,10-13,17H2,1-2H3/b16-4+. The van der Waals surface area contributed by atoms with Crippen LogP contribution in [0.1, 0.15) is 63.9 Å². The number of rotatable bonds is 8. The Labute approximate surface area is 172 Å². The van der Waals surface area contributed by atoms with E-state index in [1.807, 2.05) is 24.3 Å². The Morgan fingerprint density at radius 3 is 2.34 bits per heavy atom. The summed E-state index contributed by atoms with van der Waals surface area (Å²) >= 11 is 0. The fourth-order valence-corrected chi connectivity index (χ4v) is 3.88. The predicted octanol–water partition coefficient (Wildman–Crippen LogP) is 7.39. The quantitative estimate of drug-likeness (QED) is 0.340. The highest BCUT2D eigenvalue weighted by atomic mass is 19.2. The smallest absolute Gasteiger partial charge is 0.201 e. The van der Waals surface area contributed by atoms with E-state index in [0.29, 0.717) is 17.6 Å². The second-order valence-electron chi connectivity index (χ2n) is 7.65. The maximum absolute atomic E-state index is 14.5. The van der Waals surface area contributed by atoms with Crippen molar-refractivity contribution >= 4 is 0 Å². The fourth-order valence-electron chi connectivity index (χ4n) is 3.88. The minimum Gasteiger partial charge on any atom is -0.462 e. The van der Waals surface area contributed by atoms with Crippen molar-refractivity contribution in [2.75, 3.05) is 6.61 Å². The van der Waals surface area contributed by atoms with Crippen LogP contribution in [0.25, 0.3) is 11.1 Å². The molecule has 1 aliphatic carbocycles. The van der Waals surface area contributed by atoms with Gasteiger partial charge in [0.05, 0.1) is 12.4 Å². The van der Waals surface area contributed by atoms with E-state index in [-0.39, 0.29) is 11.3 Å². The Bertz CT molecular complexity index is 806. The zero-order valence-electron chi connectivity index (χ0n) is 17.3. The predicted molar refractivity (Wildman–Crippen MR) is 113 cm³/mol. The average Bonchev–Trinajstić information content (AvgIpc) is 2.76. The molecule has 0 unspecified atom stereocenters. The van der Waals surface area contributed by atoms with Crippen molar-refractivity contribution in [2.24, 2.45) is 0 Å². The van der Waals surface area contributed by atoms with Crippen molar-refractivity contribution in [1.29, 1.82) is 0 Å². The van der Waals surface area contributed by atoms with Gasteiger partial charge in [-0.05, 0) is 68.2 Å². The second-order valence-corrected chi connectivity index (χ2v) is 7.65. The summed E-state index contributed by atoms with van der Waals surface area (Å²) in [5.41, 5.74) is 2.17. The molecule has 29 heavy (non-hydrogen) atoms. The lowest BCUT2D eigenvalue weighted by Gasteiger charge is -2.29. The average molecular weight is 401 g/mol. The Balaban J connectivity index is 1.64. The maximum atomic E-state index is 14.5. The van der Waals surface area contributed by atoms with E-state index in [4.69, 9.17) is 9.47 Å². The molecule has 3 rings (SSSR count). The van der Waals surface area contributed by atoms with Crippen LogP contribution < -0.4 is 4.74 Å². The van der Waals surface area contributed by atoms with Gasteiger partial charge in [-0.15, -0.1) is 0 Å². The highest BCUT2D eigenvalue weighted by Crippen LogP contribution is 2.36. The van der Waals surface area contributed by atoms with Crippen molar-refractivity contribution in [2.45, 2.75) is 64.4 Å². The molecule has 2 aromatic rings. The van der Waals surface area contributed by atoms with Gasteiger partial charge in [-0.3, -0.25) is 0 Å². The third-order valence-electron chi connectivity index (χ3n) is 5.60. The van der Waals surface area contributed by atoms with Gasteiger partial charge < -0.3 is 9.47 Å². The van der Waals surface area contributed by atoms with Crippen LogP contribution in [0, 0.1) is 11.6 Å². The molecular weight excluding hydrogens is 370 g/mol. The lowest BCUT2D eigenvalue weighted by molar-refractivity contribution is 0.0232. The second kappa shape index (κ2) is 10.5. The fraction of sp³-hybridized carbons (Fsp3) is 0.440. The molecule has 4 heteroatoms. The minimum atomic E-state index is -0.967. The molecule has 0 N–H and O–H groups in total. The summed E-state index contributed by atoms with van der Waals surface area (Å²) in [6.45, 7) is 4.79. The zero-order valence-corrected chi connectivity index (χ0v) is 17.3. The van der Waals surface area contributed by atoms with Crippen molar-refractivity contribution in [3.8, 4) is 16.9 Å². The van der Waals surface area contributed by atoms with Gasteiger partial charge in [0.1, 0.15) is 0 Å². The largest absolute Gasteiger partial charge is 0.462 e. The van der Waals surface area contributed by atoms with Crippen LogP contribution in [-0.4, -0.2) is 12.7 Å². The minimum absolute atomic E-state index is 0.112. The first kappa shape index (κ1) is 21.5. The highest BCUT2D eigenvalue weighted by Gasteiger charge is 2.23. The molecule has 0 amide bonds. The SMILES string of the molecule is C/C=C/Oc1ccc(-c2ccc(C3CCC(OCCCC)CC3)cc2)c(F)c1F. The van der Waals surface area contributed by atoms with Crippen LogP contribution in [-0.2, 0) is 4.74 Å². The van der Waals surface area contributed by atoms with Gasteiger partial charge in [-0.25, -0.2) is 4.39 Å². The van der Waals surface area contributed by atoms with Crippen molar-refractivity contribution in [1.82, 2.24) is 0 Å². The Hall–Kier alpha value is -2.20. The summed E-state index contributed by atoms with van der Waals surface area (Å²) in [5, 5.41) is 0. The van der Waals surface area contributed by atoms with E-state index >= 15 is 0 Å². The molecule has 2 nitrogen and oxygen atoms in total. The molecule has 0 heterocycles. The van der Waals surface area contributed by atoms with E-state index in [0.717, 1.165) is 45.1 Å².